The van der Waals surface area contributed by atoms with Crippen molar-refractivity contribution < 1.29 is 4.74 Å². The number of aromatic nitrogens is 2. The lowest BCUT2D eigenvalue weighted by Crippen LogP contribution is -2.07. The van der Waals surface area contributed by atoms with Gasteiger partial charge in [0.05, 0.1) is 0 Å². The minimum atomic E-state index is -0.170. The first kappa shape index (κ1) is 13.5. The second kappa shape index (κ2) is 6.33. The van der Waals surface area contributed by atoms with Crippen molar-refractivity contribution in [1.29, 1.82) is 0 Å². The molecule has 1 unspecified atom stereocenters. The van der Waals surface area contributed by atoms with Crippen molar-refractivity contribution >= 4 is 34.4 Å². The van der Waals surface area contributed by atoms with Crippen molar-refractivity contribution in [2.24, 2.45) is 0 Å². The number of hydrogen-bond donors (Lipinski definition) is 2. The normalized spacial score (nSPS) is 12.3. The number of thioether (sulfide) groups is 1. The summed E-state index contributed by atoms with van der Waals surface area (Å²) < 4.78 is 6.94. The van der Waals surface area contributed by atoms with E-state index < -0.39 is 0 Å². The first-order valence-electron chi connectivity index (χ1n) is 5.44. The van der Waals surface area contributed by atoms with Crippen LogP contribution in [0.5, 0.6) is 5.75 Å². The fourth-order valence-electron chi connectivity index (χ4n) is 1.39. The average molecular weight is 376 g/mol. The van der Waals surface area contributed by atoms with E-state index in [9.17, 15) is 4.79 Å². The maximum atomic E-state index is 10.9. The van der Waals surface area contributed by atoms with Crippen molar-refractivity contribution in [3.8, 4) is 5.75 Å². The Bertz CT molecular complexity index is 550. The smallest absolute Gasteiger partial charge is 0.323 e. The van der Waals surface area contributed by atoms with Gasteiger partial charge < -0.3 is 14.7 Å². The van der Waals surface area contributed by atoms with Crippen LogP contribution >= 0.6 is 34.4 Å². The zero-order chi connectivity index (χ0) is 13.0. The Morgan fingerprint density at radius 2 is 2.11 bits per heavy atom. The lowest BCUT2D eigenvalue weighted by molar-refractivity contribution is 0.307. The molecule has 0 aliphatic rings. The van der Waals surface area contributed by atoms with Gasteiger partial charge >= 0.3 is 5.69 Å². The molecule has 18 heavy (non-hydrogen) atoms. The number of hydrogen-bond acceptors (Lipinski definition) is 3. The van der Waals surface area contributed by atoms with Gasteiger partial charge in [-0.3, -0.25) is 0 Å². The van der Waals surface area contributed by atoms with Crippen molar-refractivity contribution in [2.75, 3.05) is 0 Å². The van der Waals surface area contributed by atoms with Crippen LogP contribution in [0.25, 0.3) is 0 Å². The van der Waals surface area contributed by atoms with Crippen LogP contribution < -0.4 is 10.4 Å². The van der Waals surface area contributed by atoms with Gasteiger partial charge in [0.2, 0.25) is 0 Å². The van der Waals surface area contributed by atoms with Gasteiger partial charge in [-0.25, -0.2) is 4.79 Å². The highest BCUT2D eigenvalue weighted by atomic mass is 127. The fourth-order valence-corrected chi connectivity index (χ4v) is 2.50. The van der Waals surface area contributed by atoms with E-state index in [1.54, 1.807) is 18.0 Å². The number of halogens is 1. The summed E-state index contributed by atoms with van der Waals surface area (Å²) in [6.45, 7) is 1.99. The number of nitrogens with one attached hydrogen (secondary N) is 2. The maximum absolute atomic E-state index is 10.9. The molecular weight excluding hydrogens is 363 g/mol. The number of ether oxygens (including phenoxy) is 1. The van der Waals surface area contributed by atoms with Crippen LogP contribution in [-0.4, -0.2) is 15.4 Å². The number of H-pyrrole nitrogens is 2. The lowest BCUT2D eigenvalue weighted by Gasteiger charge is -2.13. The molecule has 4 nitrogen and oxygen atoms in total. The highest BCUT2D eigenvalue weighted by molar-refractivity contribution is 14.1. The van der Waals surface area contributed by atoms with Crippen LogP contribution in [0.3, 0.4) is 0 Å². The molecule has 0 spiro atoms. The van der Waals surface area contributed by atoms with Crippen molar-refractivity contribution in [3.63, 3.8) is 0 Å². The molecule has 0 aliphatic heterocycles. The molecular formula is C12H13IN2O2S. The number of benzene rings is 1. The second-order valence-electron chi connectivity index (χ2n) is 3.72. The molecule has 2 rings (SSSR count). The second-order valence-corrected chi connectivity index (χ2v) is 6.25. The van der Waals surface area contributed by atoms with Gasteiger partial charge in [-0.15, -0.1) is 11.8 Å². The van der Waals surface area contributed by atoms with Crippen LogP contribution in [0.4, 0.5) is 0 Å². The molecule has 1 aromatic heterocycles. The molecule has 0 radical (unpaired) electrons. The molecule has 0 amide bonds. The standard InChI is InChI=1S/C12H13IN2O2S/c1-8(17-11-4-2-9(13)3-5-11)18-7-10-6-14-12(16)15-10/h2-6,8H,7H2,1H3,(H2,14,15,16). The molecule has 0 aliphatic carbocycles. The molecule has 2 aromatic rings. The lowest BCUT2D eigenvalue weighted by atomic mass is 10.3. The highest BCUT2D eigenvalue weighted by Crippen LogP contribution is 2.21. The summed E-state index contributed by atoms with van der Waals surface area (Å²) in [5.74, 6) is 1.57. The molecule has 0 bridgehead atoms. The third-order valence-electron chi connectivity index (χ3n) is 2.24. The SMILES string of the molecule is CC(Oc1ccc(I)cc1)SCc1c[nH]c(=O)[nH]1. The topological polar surface area (TPSA) is 57.9 Å². The van der Waals surface area contributed by atoms with Crippen LogP contribution in [-0.2, 0) is 5.75 Å². The molecule has 6 heteroatoms. The Kier molecular flexibility index (Phi) is 4.76. The van der Waals surface area contributed by atoms with E-state index in [0.717, 1.165) is 11.4 Å². The summed E-state index contributed by atoms with van der Waals surface area (Å²) in [6, 6.07) is 7.93. The maximum Gasteiger partial charge on any atom is 0.323 e. The van der Waals surface area contributed by atoms with Gasteiger partial charge in [0.15, 0.2) is 0 Å². The van der Waals surface area contributed by atoms with Gasteiger partial charge in [-0.1, -0.05) is 0 Å². The third kappa shape index (κ3) is 4.09. The highest BCUT2D eigenvalue weighted by Gasteiger charge is 2.06. The van der Waals surface area contributed by atoms with E-state index in [1.807, 2.05) is 31.2 Å². The first-order valence-corrected chi connectivity index (χ1v) is 7.56. The van der Waals surface area contributed by atoms with Crippen LogP contribution in [0, 0.1) is 3.57 Å². The Morgan fingerprint density at radius 1 is 1.39 bits per heavy atom. The summed E-state index contributed by atoms with van der Waals surface area (Å²) >= 11 is 3.89. The van der Waals surface area contributed by atoms with E-state index in [1.165, 1.54) is 3.57 Å². The molecule has 2 N–H and O–H groups in total. The molecule has 96 valence electrons. The third-order valence-corrected chi connectivity index (χ3v) is 4.00. The largest absolute Gasteiger partial charge is 0.480 e. The van der Waals surface area contributed by atoms with E-state index in [2.05, 4.69) is 32.6 Å². The van der Waals surface area contributed by atoms with Crippen LogP contribution in [0.2, 0.25) is 0 Å². The Labute approximate surface area is 123 Å². The fraction of sp³-hybridized carbons (Fsp3) is 0.250. The van der Waals surface area contributed by atoms with Crippen LogP contribution in [0.15, 0.2) is 35.3 Å². The summed E-state index contributed by atoms with van der Waals surface area (Å²) in [4.78, 5) is 16.2. The Hall–Kier alpha value is -0.890. The zero-order valence-corrected chi connectivity index (χ0v) is 12.7. The first-order chi connectivity index (χ1) is 8.63. The van der Waals surface area contributed by atoms with E-state index in [4.69, 9.17) is 4.74 Å². The number of rotatable bonds is 5. The number of aromatic amines is 2. The zero-order valence-electron chi connectivity index (χ0n) is 9.77. The summed E-state index contributed by atoms with van der Waals surface area (Å²) in [5.41, 5.74) is 0.739. The monoisotopic (exact) mass is 376 g/mol. The summed E-state index contributed by atoms with van der Waals surface area (Å²) in [5, 5.41) is 0. The predicted octanol–water partition coefficient (Wildman–Crippen LogP) is 2.97. The van der Waals surface area contributed by atoms with Gasteiger partial charge in [0, 0.05) is 21.2 Å². The van der Waals surface area contributed by atoms with Crippen molar-refractivity contribution in [2.45, 2.75) is 18.1 Å². The van der Waals surface area contributed by atoms with Crippen molar-refractivity contribution in [1.82, 2.24) is 9.97 Å². The Morgan fingerprint density at radius 3 is 2.72 bits per heavy atom. The van der Waals surface area contributed by atoms with E-state index >= 15 is 0 Å². The molecule has 1 heterocycles. The van der Waals surface area contributed by atoms with Gasteiger partial charge in [-0.2, -0.15) is 0 Å². The number of imidazole rings is 1. The Balaban J connectivity index is 1.83. The minimum Gasteiger partial charge on any atom is -0.480 e. The quantitative estimate of drug-likeness (QED) is 0.623. The average Bonchev–Trinajstić information content (AvgIpc) is 2.76. The molecule has 0 saturated carbocycles. The van der Waals surface area contributed by atoms with Gasteiger partial charge in [-0.05, 0) is 53.8 Å². The molecule has 1 aromatic carbocycles. The molecule has 0 fully saturated rings. The van der Waals surface area contributed by atoms with E-state index in [0.29, 0.717) is 5.75 Å². The van der Waals surface area contributed by atoms with Crippen molar-refractivity contribution in [3.05, 3.63) is 50.2 Å². The van der Waals surface area contributed by atoms with Gasteiger partial charge in [0.1, 0.15) is 11.2 Å². The van der Waals surface area contributed by atoms with Gasteiger partial charge in [0.25, 0.3) is 0 Å². The summed E-state index contributed by atoms with van der Waals surface area (Å²) in [7, 11) is 0. The predicted molar refractivity (Wildman–Crippen MR) is 82.0 cm³/mol. The summed E-state index contributed by atoms with van der Waals surface area (Å²) in [6.07, 6.45) is 1.69. The molecule has 1 atom stereocenters. The molecule has 0 saturated heterocycles. The van der Waals surface area contributed by atoms with Crippen LogP contribution in [0.1, 0.15) is 12.6 Å². The van der Waals surface area contributed by atoms with E-state index in [-0.39, 0.29) is 11.1 Å². The minimum absolute atomic E-state index is 0.0310.